The summed E-state index contributed by atoms with van der Waals surface area (Å²) in [6.07, 6.45) is 0.341. The molecule has 1 aliphatic heterocycles. The van der Waals surface area contributed by atoms with E-state index in [1.165, 1.54) is 6.92 Å². The van der Waals surface area contributed by atoms with E-state index in [4.69, 9.17) is 21.3 Å². The zero-order valence-electron chi connectivity index (χ0n) is 21.0. The fraction of sp³-hybridized carbons (Fsp3) is 0.333. The second-order valence-electron chi connectivity index (χ2n) is 8.75. The molecule has 1 saturated heterocycles. The number of carbonyl (C=O) groups is 2. The summed E-state index contributed by atoms with van der Waals surface area (Å²) in [5.41, 5.74) is 1.79. The molecular formula is C27H31ClN6O3. The molecule has 0 aliphatic carbocycles. The maximum Gasteiger partial charge on any atom is 0.227 e. The Kier molecular flexibility index (Phi) is 8.79. The second kappa shape index (κ2) is 12.4. The first-order valence-corrected chi connectivity index (χ1v) is 12.6. The Labute approximate surface area is 221 Å². The summed E-state index contributed by atoms with van der Waals surface area (Å²) in [4.78, 5) is 37.6. The summed E-state index contributed by atoms with van der Waals surface area (Å²) in [6.45, 7) is 5.03. The van der Waals surface area contributed by atoms with Crippen LogP contribution >= 0.6 is 11.6 Å². The molecule has 0 unspecified atom stereocenters. The van der Waals surface area contributed by atoms with Gasteiger partial charge in [0.25, 0.3) is 0 Å². The Hall–Kier alpha value is -3.85. The number of nitrogens with one attached hydrogen (secondary N) is 2. The van der Waals surface area contributed by atoms with Crippen LogP contribution in [0.1, 0.15) is 12.5 Å². The van der Waals surface area contributed by atoms with E-state index in [0.29, 0.717) is 62.4 Å². The fourth-order valence-electron chi connectivity index (χ4n) is 4.10. The number of hydrogen-bond donors (Lipinski definition) is 2. The molecule has 9 nitrogen and oxygen atoms in total. The maximum atomic E-state index is 12.9. The van der Waals surface area contributed by atoms with Gasteiger partial charge in [-0.2, -0.15) is 0 Å². The Morgan fingerprint density at radius 3 is 2.46 bits per heavy atom. The predicted molar refractivity (Wildman–Crippen MR) is 145 cm³/mol. The van der Waals surface area contributed by atoms with Crippen molar-refractivity contribution < 1.29 is 14.3 Å². The van der Waals surface area contributed by atoms with Gasteiger partial charge >= 0.3 is 0 Å². The van der Waals surface area contributed by atoms with Crippen LogP contribution in [-0.4, -0.2) is 73.1 Å². The molecule has 1 aromatic heterocycles. The third kappa shape index (κ3) is 7.33. The molecule has 0 spiro atoms. The van der Waals surface area contributed by atoms with E-state index in [1.54, 1.807) is 7.11 Å². The van der Waals surface area contributed by atoms with E-state index in [-0.39, 0.29) is 11.8 Å². The van der Waals surface area contributed by atoms with Crippen LogP contribution < -0.4 is 20.3 Å². The lowest BCUT2D eigenvalue weighted by atomic mass is 10.1. The van der Waals surface area contributed by atoms with Crippen LogP contribution in [0.2, 0.25) is 5.02 Å². The van der Waals surface area contributed by atoms with E-state index in [0.717, 1.165) is 22.7 Å². The monoisotopic (exact) mass is 522 g/mol. The molecule has 4 rings (SSSR count). The molecule has 2 heterocycles. The largest absolute Gasteiger partial charge is 0.497 e. The van der Waals surface area contributed by atoms with Gasteiger partial charge in [0.05, 0.1) is 13.5 Å². The maximum absolute atomic E-state index is 12.9. The molecule has 10 heteroatoms. The minimum atomic E-state index is -0.0779. The Balaban J connectivity index is 1.44. The highest BCUT2D eigenvalue weighted by atomic mass is 35.5. The van der Waals surface area contributed by atoms with E-state index in [2.05, 4.69) is 20.5 Å². The van der Waals surface area contributed by atoms with Crippen molar-refractivity contribution in [2.75, 3.05) is 56.6 Å². The topological polar surface area (TPSA) is 99.7 Å². The summed E-state index contributed by atoms with van der Waals surface area (Å²) in [5, 5.41) is 6.68. The number of rotatable bonds is 9. The van der Waals surface area contributed by atoms with Gasteiger partial charge in [-0.3, -0.25) is 9.59 Å². The van der Waals surface area contributed by atoms with Crippen molar-refractivity contribution in [2.45, 2.75) is 13.3 Å². The molecule has 2 amide bonds. The first kappa shape index (κ1) is 26.2. The Morgan fingerprint density at radius 1 is 1.00 bits per heavy atom. The smallest absolute Gasteiger partial charge is 0.227 e. The van der Waals surface area contributed by atoms with Crippen LogP contribution in [0.3, 0.4) is 0 Å². The molecular weight excluding hydrogens is 492 g/mol. The molecule has 3 aromatic rings. The number of carbonyl (C=O) groups excluding carboxylic acids is 2. The normalized spacial score (nSPS) is 13.3. The third-order valence-corrected chi connectivity index (χ3v) is 6.32. The van der Waals surface area contributed by atoms with Gasteiger partial charge in [0.2, 0.25) is 11.8 Å². The molecule has 2 N–H and O–H groups in total. The fourth-order valence-corrected chi connectivity index (χ4v) is 4.22. The Morgan fingerprint density at radius 2 is 1.76 bits per heavy atom. The summed E-state index contributed by atoms with van der Waals surface area (Å²) >= 11 is 6.06. The molecule has 1 fully saturated rings. The highest BCUT2D eigenvalue weighted by molar-refractivity contribution is 6.30. The lowest BCUT2D eigenvalue weighted by Crippen LogP contribution is -2.49. The highest BCUT2D eigenvalue weighted by Gasteiger charge is 2.23. The average Bonchev–Trinajstić information content (AvgIpc) is 2.91. The van der Waals surface area contributed by atoms with Crippen LogP contribution in [0, 0.1) is 0 Å². The van der Waals surface area contributed by atoms with Gasteiger partial charge in [-0.05, 0) is 42.0 Å². The molecule has 0 atom stereocenters. The first-order chi connectivity index (χ1) is 17.9. The van der Waals surface area contributed by atoms with Crippen LogP contribution in [0.25, 0.3) is 11.4 Å². The number of ether oxygens (including phenoxy) is 1. The molecule has 194 valence electrons. The summed E-state index contributed by atoms with van der Waals surface area (Å²) < 4.78 is 5.27. The van der Waals surface area contributed by atoms with Gasteiger partial charge in [-0.25, -0.2) is 9.97 Å². The van der Waals surface area contributed by atoms with Gasteiger partial charge in [0, 0.05) is 62.8 Å². The van der Waals surface area contributed by atoms with Gasteiger partial charge in [-0.15, -0.1) is 0 Å². The standard InChI is InChI=1S/C27H31ClN6O3/c1-19(35)29-10-11-30-24-18-25(32-27(31-24)21-6-8-22(28)9-7-21)33-12-14-34(15-13-33)26(36)17-20-4-3-5-23(16-20)37-2/h3-9,16,18H,10-15,17H2,1-2H3,(H,29,35)(H,30,31,32). The van der Waals surface area contributed by atoms with Gasteiger partial charge < -0.3 is 25.2 Å². The summed E-state index contributed by atoms with van der Waals surface area (Å²) in [7, 11) is 1.62. The van der Waals surface area contributed by atoms with Crippen molar-refractivity contribution in [1.29, 1.82) is 0 Å². The molecule has 2 aromatic carbocycles. The number of hydrogen-bond acceptors (Lipinski definition) is 7. The van der Waals surface area contributed by atoms with Crippen LogP contribution in [-0.2, 0) is 16.0 Å². The van der Waals surface area contributed by atoms with Crippen molar-refractivity contribution in [3.63, 3.8) is 0 Å². The predicted octanol–water partition coefficient (Wildman–Crippen LogP) is 3.24. The van der Waals surface area contributed by atoms with Gasteiger partial charge in [0.15, 0.2) is 5.82 Å². The molecule has 0 radical (unpaired) electrons. The number of piperazine rings is 1. The molecule has 1 aliphatic rings. The first-order valence-electron chi connectivity index (χ1n) is 12.2. The van der Waals surface area contributed by atoms with Crippen molar-refractivity contribution >= 4 is 35.1 Å². The van der Waals surface area contributed by atoms with Crippen molar-refractivity contribution in [3.05, 3.63) is 65.2 Å². The Bertz CT molecular complexity index is 1230. The van der Waals surface area contributed by atoms with Crippen molar-refractivity contribution in [1.82, 2.24) is 20.2 Å². The third-order valence-electron chi connectivity index (χ3n) is 6.07. The molecule has 37 heavy (non-hydrogen) atoms. The number of methoxy groups -OCH3 is 1. The number of amides is 2. The highest BCUT2D eigenvalue weighted by Crippen LogP contribution is 2.25. The van der Waals surface area contributed by atoms with Crippen LogP contribution in [0.4, 0.5) is 11.6 Å². The number of benzene rings is 2. The molecule has 0 saturated carbocycles. The quantitative estimate of drug-likeness (QED) is 0.416. The van der Waals surface area contributed by atoms with E-state index < -0.39 is 0 Å². The van der Waals surface area contributed by atoms with Crippen molar-refractivity contribution in [2.24, 2.45) is 0 Å². The number of aromatic nitrogens is 2. The SMILES string of the molecule is COc1cccc(CC(=O)N2CCN(c3cc(NCCNC(C)=O)nc(-c4ccc(Cl)cc4)n3)CC2)c1. The second-order valence-corrected chi connectivity index (χ2v) is 9.18. The van der Waals surface area contributed by atoms with E-state index in [1.807, 2.05) is 59.5 Å². The zero-order valence-corrected chi connectivity index (χ0v) is 21.8. The molecule has 0 bridgehead atoms. The van der Waals surface area contributed by atoms with Crippen molar-refractivity contribution in [3.8, 4) is 17.1 Å². The lowest BCUT2D eigenvalue weighted by Gasteiger charge is -2.35. The number of anilines is 2. The van der Waals surface area contributed by atoms with Crippen LogP contribution in [0.15, 0.2) is 54.6 Å². The minimum absolute atomic E-state index is 0.0779. The lowest BCUT2D eigenvalue weighted by molar-refractivity contribution is -0.130. The summed E-state index contributed by atoms with van der Waals surface area (Å²) in [6, 6.07) is 16.9. The van der Waals surface area contributed by atoms with Gasteiger partial charge in [0.1, 0.15) is 17.4 Å². The number of nitrogens with zero attached hydrogens (tertiary/aromatic N) is 4. The average molecular weight is 523 g/mol. The van der Waals surface area contributed by atoms with E-state index in [9.17, 15) is 9.59 Å². The number of halogens is 1. The zero-order chi connectivity index (χ0) is 26.2. The summed E-state index contributed by atoms with van der Waals surface area (Å²) in [5.74, 6) is 2.78. The minimum Gasteiger partial charge on any atom is -0.497 e. The van der Waals surface area contributed by atoms with Gasteiger partial charge in [-0.1, -0.05) is 23.7 Å². The van der Waals surface area contributed by atoms with E-state index >= 15 is 0 Å². The van der Waals surface area contributed by atoms with Crippen LogP contribution in [0.5, 0.6) is 5.75 Å².